The molecule has 1 amide bonds. The van der Waals surface area contributed by atoms with Gasteiger partial charge in [0.15, 0.2) is 0 Å². The van der Waals surface area contributed by atoms with Crippen LogP contribution in [0.4, 0.5) is 0 Å². The van der Waals surface area contributed by atoms with E-state index >= 15 is 0 Å². The van der Waals surface area contributed by atoms with Gasteiger partial charge < -0.3 is 4.90 Å². The van der Waals surface area contributed by atoms with Crippen molar-refractivity contribution >= 4 is 5.91 Å². The van der Waals surface area contributed by atoms with Crippen LogP contribution in [0.15, 0.2) is 54.6 Å². The lowest BCUT2D eigenvalue weighted by Gasteiger charge is -2.34. The van der Waals surface area contributed by atoms with Gasteiger partial charge in [0.1, 0.15) is 0 Å². The molecular formula is C20H25N3O2. The Morgan fingerprint density at radius 2 is 1.52 bits per heavy atom. The molecule has 0 bridgehead atoms. The monoisotopic (exact) mass is 339 g/mol. The normalized spacial score (nSPS) is 15.9. The number of hydrogen-bond acceptors (Lipinski definition) is 4. The van der Waals surface area contributed by atoms with E-state index in [0.29, 0.717) is 5.56 Å². The lowest BCUT2D eigenvalue weighted by atomic mass is 10.1. The van der Waals surface area contributed by atoms with Gasteiger partial charge in [-0.15, -0.1) is 0 Å². The van der Waals surface area contributed by atoms with E-state index in [1.165, 1.54) is 11.1 Å². The van der Waals surface area contributed by atoms with Gasteiger partial charge in [-0.2, -0.15) is 0 Å². The topological polar surface area (TPSA) is 55.8 Å². The molecule has 3 rings (SSSR count). The van der Waals surface area contributed by atoms with Gasteiger partial charge in [0, 0.05) is 44.8 Å². The van der Waals surface area contributed by atoms with Crippen LogP contribution in [0.25, 0.3) is 0 Å². The fourth-order valence-corrected chi connectivity index (χ4v) is 3.19. The Morgan fingerprint density at radius 1 is 0.880 bits per heavy atom. The first-order valence-corrected chi connectivity index (χ1v) is 8.76. The number of rotatable bonds is 6. The Kier molecular flexibility index (Phi) is 6.17. The number of nitrogens with one attached hydrogen (secondary N) is 1. The lowest BCUT2D eigenvalue weighted by Crippen LogP contribution is -2.46. The number of carbonyl (C=O) groups is 1. The molecule has 0 aromatic heterocycles. The summed E-state index contributed by atoms with van der Waals surface area (Å²) in [6.07, 6.45) is 1.11. The van der Waals surface area contributed by atoms with E-state index in [1.54, 1.807) is 17.6 Å². The highest BCUT2D eigenvalue weighted by Crippen LogP contribution is 2.11. The summed E-state index contributed by atoms with van der Waals surface area (Å²) in [4.78, 5) is 16.3. The molecule has 2 aromatic carbocycles. The van der Waals surface area contributed by atoms with Crippen molar-refractivity contribution in [3.05, 3.63) is 71.3 Å². The molecule has 1 aliphatic rings. The summed E-state index contributed by atoms with van der Waals surface area (Å²) < 4.78 is 0. The molecule has 0 aliphatic carbocycles. The Balaban J connectivity index is 1.42. The van der Waals surface area contributed by atoms with Crippen molar-refractivity contribution in [3.8, 4) is 0 Å². The predicted octanol–water partition coefficient (Wildman–Crippen LogP) is 2.17. The molecule has 1 fully saturated rings. The van der Waals surface area contributed by atoms with Crippen LogP contribution < -0.4 is 5.48 Å². The number of nitrogens with zero attached hydrogens (tertiary/aromatic N) is 2. The average molecular weight is 339 g/mol. The predicted molar refractivity (Wildman–Crippen MR) is 97.6 cm³/mol. The first kappa shape index (κ1) is 17.6. The molecule has 1 heterocycles. The zero-order valence-electron chi connectivity index (χ0n) is 14.4. The number of piperazine rings is 1. The number of benzene rings is 2. The van der Waals surface area contributed by atoms with Crippen molar-refractivity contribution in [1.82, 2.24) is 15.3 Å². The minimum absolute atomic E-state index is 0.469. The van der Waals surface area contributed by atoms with Gasteiger partial charge in [-0.1, -0.05) is 42.5 Å². The molecule has 0 radical (unpaired) electrons. The van der Waals surface area contributed by atoms with Gasteiger partial charge in [0.05, 0.1) is 0 Å². The van der Waals surface area contributed by atoms with Crippen LogP contribution in [0, 0.1) is 0 Å². The molecule has 0 unspecified atom stereocenters. The van der Waals surface area contributed by atoms with E-state index in [9.17, 15) is 4.79 Å². The highest BCUT2D eigenvalue weighted by molar-refractivity contribution is 5.93. The second-order valence-electron chi connectivity index (χ2n) is 6.49. The van der Waals surface area contributed by atoms with Crippen molar-refractivity contribution in [2.24, 2.45) is 0 Å². The summed E-state index contributed by atoms with van der Waals surface area (Å²) in [5.74, 6) is -0.474. The quantitative estimate of drug-likeness (QED) is 0.626. The summed E-state index contributed by atoms with van der Waals surface area (Å²) in [6, 6.07) is 18.0. The lowest BCUT2D eigenvalue weighted by molar-refractivity contribution is 0.0706. The third-order valence-electron chi connectivity index (χ3n) is 4.75. The Hall–Kier alpha value is -2.21. The molecule has 2 N–H and O–H groups in total. The fraction of sp³-hybridized carbons (Fsp3) is 0.350. The van der Waals surface area contributed by atoms with E-state index in [1.807, 2.05) is 12.1 Å². The second-order valence-corrected chi connectivity index (χ2v) is 6.49. The summed E-state index contributed by atoms with van der Waals surface area (Å²) in [6.45, 7) is 6.33. The van der Waals surface area contributed by atoms with E-state index in [-0.39, 0.29) is 0 Å². The fourth-order valence-electron chi connectivity index (χ4n) is 3.19. The van der Waals surface area contributed by atoms with Crippen LogP contribution in [0.5, 0.6) is 0 Å². The Labute approximate surface area is 148 Å². The summed E-state index contributed by atoms with van der Waals surface area (Å²) in [5, 5.41) is 8.65. The standard InChI is InChI=1S/C20H25N3O2/c24-20(21-25)19-8-6-18(7-9-19)16-23-14-12-22(13-15-23)11-10-17-4-2-1-3-5-17/h1-9,25H,10-16H2,(H,21,24). The van der Waals surface area contributed by atoms with Crippen LogP contribution >= 0.6 is 0 Å². The molecule has 25 heavy (non-hydrogen) atoms. The molecule has 1 saturated heterocycles. The molecule has 5 heteroatoms. The van der Waals surface area contributed by atoms with E-state index in [4.69, 9.17) is 5.21 Å². The zero-order valence-corrected chi connectivity index (χ0v) is 14.4. The molecule has 132 valence electrons. The minimum Gasteiger partial charge on any atom is -0.300 e. The van der Waals surface area contributed by atoms with Gasteiger partial charge >= 0.3 is 0 Å². The Morgan fingerprint density at radius 3 is 2.16 bits per heavy atom. The molecule has 2 aromatic rings. The van der Waals surface area contributed by atoms with Crippen molar-refractivity contribution in [3.63, 3.8) is 0 Å². The largest absolute Gasteiger partial charge is 0.300 e. The number of hydroxylamine groups is 1. The van der Waals surface area contributed by atoms with Crippen LogP contribution in [-0.2, 0) is 13.0 Å². The first-order chi connectivity index (χ1) is 12.2. The van der Waals surface area contributed by atoms with Gasteiger partial charge in [-0.25, -0.2) is 5.48 Å². The second kappa shape index (κ2) is 8.76. The van der Waals surface area contributed by atoms with Gasteiger partial charge in [-0.05, 0) is 29.7 Å². The maximum Gasteiger partial charge on any atom is 0.274 e. The van der Waals surface area contributed by atoms with Gasteiger partial charge in [0.2, 0.25) is 0 Å². The van der Waals surface area contributed by atoms with Crippen LogP contribution in [0.3, 0.4) is 0 Å². The molecule has 0 spiro atoms. The number of amides is 1. The third-order valence-corrected chi connectivity index (χ3v) is 4.75. The number of carbonyl (C=O) groups excluding carboxylic acids is 1. The first-order valence-electron chi connectivity index (χ1n) is 8.76. The molecule has 1 aliphatic heterocycles. The molecule has 5 nitrogen and oxygen atoms in total. The smallest absolute Gasteiger partial charge is 0.274 e. The SMILES string of the molecule is O=C(NO)c1ccc(CN2CCN(CCc3ccccc3)CC2)cc1. The van der Waals surface area contributed by atoms with Crippen molar-refractivity contribution in [2.75, 3.05) is 32.7 Å². The highest BCUT2D eigenvalue weighted by Gasteiger charge is 2.16. The summed E-state index contributed by atoms with van der Waals surface area (Å²) in [7, 11) is 0. The van der Waals surface area contributed by atoms with E-state index < -0.39 is 5.91 Å². The van der Waals surface area contributed by atoms with Crippen molar-refractivity contribution in [2.45, 2.75) is 13.0 Å². The maximum absolute atomic E-state index is 11.3. The van der Waals surface area contributed by atoms with E-state index in [2.05, 4.69) is 40.1 Å². The van der Waals surface area contributed by atoms with Gasteiger partial charge in [0.25, 0.3) is 5.91 Å². The third kappa shape index (κ3) is 5.13. The van der Waals surface area contributed by atoms with Crippen molar-refractivity contribution < 1.29 is 10.0 Å². The molecule has 0 atom stereocenters. The van der Waals surface area contributed by atoms with Gasteiger partial charge in [-0.3, -0.25) is 14.9 Å². The van der Waals surface area contributed by atoms with Crippen LogP contribution in [0.1, 0.15) is 21.5 Å². The van der Waals surface area contributed by atoms with E-state index in [0.717, 1.165) is 45.7 Å². The molecule has 0 saturated carbocycles. The van der Waals surface area contributed by atoms with Crippen LogP contribution in [-0.4, -0.2) is 53.6 Å². The summed E-state index contributed by atoms with van der Waals surface area (Å²) >= 11 is 0. The van der Waals surface area contributed by atoms with Crippen LogP contribution in [0.2, 0.25) is 0 Å². The minimum atomic E-state index is -0.474. The van der Waals surface area contributed by atoms with Crippen molar-refractivity contribution in [1.29, 1.82) is 0 Å². The Bertz CT molecular complexity index is 665. The number of hydrogen-bond donors (Lipinski definition) is 2. The molecular weight excluding hydrogens is 314 g/mol. The highest BCUT2D eigenvalue weighted by atomic mass is 16.5. The zero-order chi connectivity index (χ0) is 17.5. The average Bonchev–Trinajstić information content (AvgIpc) is 2.68. The summed E-state index contributed by atoms with van der Waals surface area (Å²) in [5.41, 5.74) is 4.71. The maximum atomic E-state index is 11.3.